The largest absolute Gasteiger partial charge is 0.573 e. The van der Waals surface area contributed by atoms with E-state index in [0.29, 0.717) is 21.3 Å². The van der Waals surface area contributed by atoms with Crippen LogP contribution in [-0.2, 0) is 19.7 Å². The van der Waals surface area contributed by atoms with Gasteiger partial charge in [-0.3, -0.25) is 0 Å². The molecular formula is C21H14F6N4O6S2. The third kappa shape index (κ3) is 5.33. The average molecular weight is 596 g/mol. The molecule has 0 atom stereocenters. The molecule has 10 nitrogen and oxygen atoms in total. The summed E-state index contributed by atoms with van der Waals surface area (Å²) in [7, 11) is -9.94. The normalized spacial score (nSPS) is 13.1. The van der Waals surface area contributed by atoms with Crippen molar-refractivity contribution in [1.82, 2.24) is 19.2 Å². The smallest absolute Gasteiger partial charge is 0.406 e. The number of hydrogen-bond acceptors (Lipinski definition) is 8. The van der Waals surface area contributed by atoms with E-state index < -0.39 is 64.3 Å². The number of hydrogen-bond donors (Lipinski definition) is 0. The summed E-state index contributed by atoms with van der Waals surface area (Å²) in [5.74, 6) is -1.54. The number of ether oxygens (including phenoxy) is 1. The highest BCUT2D eigenvalue weighted by Crippen LogP contribution is 2.31. The van der Waals surface area contributed by atoms with Gasteiger partial charge in [-0.15, -0.1) is 18.3 Å². The summed E-state index contributed by atoms with van der Waals surface area (Å²) < 4.78 is 130. The lowest BCUT2D eigenvalue weighted by Gasteiger charge is -2.11. The minimum absolute atomic E-state index is 0.125. The van der Waals surface area contributed by atoms with Crippen molar-refractivity contribution >= 4 is 25.3 Å². The predicted molar refractivity (Wildman–Crippen MR) is 122 cm³/mol. The van der Waals surface area contributed by atoms with Crippen molar-refractivity contribution in [2.75, 3.05) is 5.75 Å². The molecule has 0 aliphatic carbocycles. The summed E-state index contributed by atoms with van der Waals surface area (Å²) in [6.45, 7) is 1.29. The Kier molecular flexibility index (Phi) is 6.75. The van der Waals surface area contributed by atoms with Crippen LogP contribution in [0.2, 0.25) is 0 Å². The highest BCUT2D eigenvalue weighted by atomic mass is 32.2. The van der Waals surface area contributed by atoms with Gasteiger partial charge in [-0.2, -0.15) is 17.9 Å². The van der Waals surface area contributed by atoms with Crippen LogP contribution in [0.4, 0.5) is 26.3 Å². The van der Waals surface area contributed by atoms with Crippen molar-refractivity contribution in [3.63, 3.8) is 0 Å². The maximum absolute atomic E-state index is 13.0. The molecule has 18 heteroatoms. The van der Waals surface area contributed by atoms with E-state index in [1.807, 2.05) is 0 Å². The van der Waals surface area contributed by atoms with Crippen LogP contribution in [0, 0.1) is 0 Å². The summed E-state index contributed by atoms with van der Waals surface area (Å²) in [6, 6.07) is 6.90. The molecule has 3 aromatic heterocycles. The Hall–Kier alpha value is -3.93. The van der Waals surface area contributed by atoms with Crippen LogP contribution in [0.5, 0.6) is 5.75 Å². The topological polar surface area (TPSA) is 130 Å². The molecule has 3 heterocycles. The molecule has 0 saturated carbocycles. The molecule has 0 N–H and O–H groups in total. The molecular weight excluding hydrogens is 582 g/mol. The van der Waals surface area contributed by atoms with Gasteiger partial charge in [-0.25, -0.2) is 31.0 Å². The van der Waals surface area contributed by atoms with Gasteiger partial charge in [0.15, 0.2) is 21.3 Å². The second-order valence-electron chi connectivity index (χ2n) is 7.76. The molecule has 0 saturated heterocycles. The SMILES string of the molecule is CCS(=O)(=O)c1cc(-c2ccc(OC(F)(F)F)cc2)cnc1-n1nc2ccc(S(=O)(=O)C(F)(F)F)cn2c1=O. The first-order valence-electron chi connectivity index (χ1n) is 10.5. The lowest BCUT2D eigenvalue weighted by atomic mass is 10.1. The van der Waals surface area contributed by atoms with Crippen LogP contribution in [0.25, 0.3) is 22.6 Å². The van der Waals surface area contributed by atoms with Crippen LogP contribution in [0.15, 0.2) is 69.4 Å². The van der Waals surface area contributed by atoms with Crippen LogP contribution < -0.4 is 10.4 Å². The van der Waals surface area contributed by atoms with Crippen molar-refractivity contribution in [2.24, 2.45) is 0 Å². The van der Waals surface area contributed by atoms with Crippen molar-refractivity contribution in [2.45, 2.75) is 28.6 Å². The minimum Gasteiger partial charge on any atom is -0.406 e. The van der Waals surface area contributed by atoms with Crippen molar-refractivity contribution in [1.29, 1.82) is 0 Å². The summed E-state index contributed by atoms with van der Waals surface area (Å²) in [5, 5.41) is 3.87. The first kappa shape index (κ1) is 28.1. The van der Waals surface area contributed by atoms with E-state index in [9.17, 15) is 48.0 Å². The number of aromatic nitrogens is 4. The third-order valence-corrected chi connectivity index (χ3v) is 8.48. The summed E-state index contributed by atoms with van der Waals surface area (Å²) in [6.07, 6.45) is -3.43. The van der Waals surface area contributed by atoms with E-state index in [-0.39, 0.29) is 16.8 Å². The van der Waals surface area contributed by atoms with Crippen LogP contribution in [-0.4, -0.2) is 53.6 Å². The van der Waals surface area contributed by atoms with Gasteiger partial charge in [0, 0.05) is 18.0 Å². The minimum atomic E-state index is -5.80. The second kappa shape index (κ2) is 9.37. The molecule has 0 radical (unpaired) electrons. The first-order valence-corrected chi connectivity index (χ1v) is 13.6. The highest BCUT2D eigenvalue weighted by molar-refractivity contribution is 7.92. The zero-order chi connectivity index (χ0) is 29.0. The Morgan fingerprint density at radius 3 is 2.13 bits per heavy atom. The Morgan fingerprint density at radius 1 is 0.923 bits per heavy atom. The Labute approximate surface area is 214 Å². The van der Waals surface area contributed by atoms with Crippen molar-refractivity contribution in [3.05, 3.63) is 65.3 Å². The fourth-order valence-corrected chi connectivity index (χ4v) is 5.17. The van der Waals surface area contributed by atoms with Gasteiger partial charge in [0.1, 0.15) is 10.6 Å². The maximum Gasteiger partial charge on any atom is 0.573 e. The number of pyridine rings is 2. The molecule has 0 fully saturated rings. The standard InChI is InChI=1S/C21H14F6N4O6S2/c1-2-38(33,34)16-9-13(12-3-5-14(6-4-12)37-20(22,23)24)10-28-18(16)31-19(32)30-11-15(7-8-17(30)29-31)39(35,36)21(25,26)27/h3-11H,2H2,1H3. The van der Waals surface area contributed by atoms with Gasteiger partial charge < -0.3 is 4.74 Å². The number of fused-ring (bicyclic) bond motifs is 1. The van der Waals surface area contributed by atoms with E-state index >= 15 is 0 Å². The fourth-order valence-electron chi connectivity index (χ4n) is 3.37. The molecule has 4 rings (SSSR count). The number of sulfone groups is 2. The van der Waals surface area contributed by atoms with Crippen molar-refractivity contribution in [3.8, 4) is 22.7 Å². The second-order valence-corrected chi connectivity index (χ2v) is 11.9. The Balaban J connectivity index is 1.86. The van der Waals surface area contributed by atoms with Gasteiger partial charge >= 0.3 is 17.6 Å². The van der Waals surface area contributed by atoms with E-state index in [4.69, 9.17) is 0 Å². The van der Waals surface area contributed by atoms with Crippen LogP contribution >= 0.6 is 0 Å². The van der Waals surface area contributed by atoms with E-state index in [1.165, 1.54) is 19.1 Å². The van der Waals surface area contributed by atoms with Gasteiger partial charge in [0.25, 0.3) is 9.84 Å². The highest BCUT2D eigenvalue weighted by Gasteiger charge is 2.47. The van der Waals surface area contributed by atoms with Gasteiger partial charge in [0.2, 0.25) is 0 Å². The molecule has 4 aromatic rings. The number of nitrogens with zero attached hydrogens (tertiary/aromatic N) is 4. The zero-order valence-electron chi connectivity index (χ0n) is 19.2. The summed E-state index contributed by atoms with van der Waals surface area (Å²) in [5.41, 5.74) is -6.81. The number of halogens is 6. The third-order valence-electron chi connectivity index (χ3n) is 5.27. The quantitative estimate of drug-likeness (QED) is 0.309. The van der Waals surface area contributed by atoms with Gasteiger partial charge in [-0.1, -0.05) is 19.1 Å². The van der Waals surface area contributed by atoms with Crippen LogP contribution in [0.3, 0.4) is 0 Å². The molecule has 0 aliphatic heterocycles. The number of benzene rings is 1. The zero-order valence-corrected chi connectivity index (χ0v) is 20.9. The maximum atomic E-state index is 13.0. The number of rotatable bonds is 6. The van der Waals surface area contributed by atoms with Crippen molar-refractivity contribution < 1.29 is 47.9 Å². The van der Waals surface area contributed by atoms with Gasteiger partial charge in [-0.05, 0) is 35.9 Å². The molecule has 208 valence electrons. The molecule has 0 spiro atoms. The average Bonchev–Trinajstić information content (AvgIpc) is 3.18. The monoisotopic (exact) mass is 596 g/mol. The summed E-state index contributed by atoms with van der Waals surface area (Å²) >= 11 is 0. The lowest BCUT2D eigenvalue weighted by molar-refractivity contribution is -0.274. The fraction of sp³-hybridized carbons (Fsp3) is 0.190. The molecule has 39 heavy (non-hydrogen) atoms. The van der Waals surface area contributed by atoms with Crippen LogP contribution in [0.1, 0.15) is 6.92 Å². The van der Waals surface area contributed by atoms with Gasteiger partial charge in [0.05, 0.1) is 10.6 Å². The Bertz CT molecular complexity index is 1840. The lowest BCUT2D eigenvalue weighted by Crippen LogP contribution is -2.25. The molecule has 1 aromatic carbocycles. The first-order chi connectivity index (χ1) is 17.9. The van der Waals surface area contributed by atoms with E-state index in [2.05, 4.69) is 14.8 Å². The van der Waals surface area contributed by atoms with E-state index in [1.54, 1.807) is 0 Å². The molecule has 0 aliphatic rings. The summed E-state index contributed by atoms with van der Waals surface area (Å²) in [4.78, 5) is 15.2. The molecule has 0 bridgehead atoms. The Morgan fingerprint density at radius 2 is 1.56 bits per heavy atom. The number of alkyl halides is 6. The molecule has 0 amide bonds. The van der Waals surface area contributed by atoms with E-state index in [0.717, 1.165) is 30.5 Å². The molecule has 0 unspecified atom stereocenters. The predicted octanol–water partition coefficient (Wildman–Crippen LogP) is 3.53.